The van der Waals surface area contributed by atoms with Crippen LogP contribution in [0, 0.1) is 11.3 Å². The summed E-state index contributed by atoms with van der Waals surface area (Å²) in [4.78, 5) is 16.2. The number of carbonyl (C=O) groups is 1. The minimum absolute atomic E-state index is 0.137. The first-order chi connectivity index (χ1) is 9.72. The third kappa shape index (κ3) is 5.22. The van der Waals surface area contributed by atoms with Crippen LogP contribution in [-0.2, 0) is 4.79 Å². The molecule has 0 saturated carbocycles. The van der Waals surface area contributed by atoms with Crippen LogP contribution < -0.4 is 5.32 Å². The van der Waals surface area contributed by atoms with Crippen LogP contribution in [0.3, 0.4) is 0 Å². The highest BCUT2D eigenvalue weighted by atomic mass is 16.2. The largest absolute Gasteiger partial charge is 0.388 e. The highest BCUT2D eigenvalue weighted by Gasteiger charge is 2.19. The molecule has 0 aromatic rings. The highest BCUT2D eigenvalue weighted by Crippen LogP contribution is 2.11. The summed E-state index contributed by atoms with van der Waals surface area (Å²) in [5, 5.41) is 12.2. The van der Waals surface area contributed by atoms with Crippen LogP contribution in [0.15, 0.2) is 11.8 Å². The van der Waals surface area contributed by atoms with Crippen molar-refractivity contribution in [2.75, 3.05) is 39.3 Å². The lowest BCUT2D eigenvalue weighted by molar-refractivity contribution is -0.127. The maximum atomic E-state index is 12.2. The maximum absolute atomic E-state index is 12.2. The molecule has 5 nitrogen and oxygen atoms in total. The topological polar surface area (TPSA) is 59.4 Å². The lowest BCUT2D eigenvalue weighted by atomic mass is 10.1. The predicted octanol–water partition coefficient (Wildman–Crippen LogP) is 1.34. The number of nitriles is 1. The van der Waals surface area contributed by atoms with E-state index in [2.05, 4.69) is 24.1 Å². The summed E-state index contributed by atoms with van der Waals surface area (Å²) in [5.41, 5.74) is 0.214. The van der Waals surface area contributed by atoms with Crippen LogP contribution in [-0.4, -0.2) is 55.0 Å². The quantitative estimate of drug-likeness (QED) is 0.434. The summed E-state index contributed by atoms with van der Waals surface area (Å²) in [6.07, 6.45) is 4.83. The molecule has 20 heavy (non-hydrogen) atoms. The Morgan fingerprint density at radius 2 is 1.95 bits per heavy atom. The molecular formula is C15H26N4O. The van der Waals surface area contributed by atoms with E-state index in [1.165, 1.54) is 6.42 Å². The van der Waals surface area contributed by atoms with E-state index in [1.54, 1.807) is 11.1 Å². The van der Waals surface area contributed by atoms with Crippen LogP contribution in [0.4, 0.5) is 0 Å². The number of likely N-dealkylation sites (tertiary alicyclic amines) is 1. The Balaban J connectivity index is 2.42. The van der Waals surface area contributed by atoms with Crippen LogP contribution in [0.2, 0.25) is 0 Å². The number of nitrogens with zero attached hydrogens (tertiary/aromatic N) is 3. The van der Waals surface area contributed by atoms with Crippen molar-refractivity contribution >= 4 is 5.91 Å². The van der Waals surface area contributed by atoms with Gasteiger partial charge in [-0.25, -0.2) is 0 Å². The fraction of sp³-hybridized carbons (Fsp3) is 0.733. The molecular weight excluding hydrogens is 252 g/mol. The van der Waals surface area contributed by atoms with Gasteiger partial charge >= 0.3 is 0 Å². The molecule has 1 saturated heterocycles. The third-order valence-electron chi connectivity index (χ3n) is 3.71. The average Bonchev–Trinajstić information content (AvgIpc) is 2.51. The lowest BCUT2D eigenvalue weighted by Gasteiger charge is -2.26. The molecule has 5 heteroatoms. The van der Waals surface area contributed by atoms with Crippen molar-refractivity contribution < 1.29 is 4.79 Å². The van der Waals surface area contributed by atoms with Gasteiger partial charge in [0.2, 0.25) is 0 Å². The Bertz CT molecular complexity index is 363. The van der Waals surface area contributed by atoms with Crippen molar-refractivity contribution in [3.8, 4) is 6.07 Å². The van der Waals surface area contributed by atoms with Gasteiger partial charge in [0.1, 0.15) is 11.6 Å². The summed E-state index contributed by atoms with van der Waals surface area (Å²) >= 11 is 0. The average molecular weight is 278 g/mol. The van der Waals surface area contributed by atoms with Crippen molar-refractivity contribution in [1.29, 1.82) is 5.26 Å². The molecule has 0 atom stereocenters. The van der Waals surface area contributed by atoms with Gasteiger partial charge < -0.3 is 15.1 Å². The van der Waals surface area contributed by atoms with E-state index in [0.717, 1.165) is 52.1 Å². The van der Waals surface area contributed by atoms with Crippen LogP contribution >= 0.6 is 0 Å². The van der Waals surface area contributed by atoms with Gasteiger partial charge in [0.15, 0.2) is 0 Å². The summed E-state index contributed by atoms with van der Waals surface area (Å²) in [5.74, 6) is -0.137. The Hall–Kier alpha value is -1.54. The van der Waals surface area contributed by atoms with Gasteiger partial charge in [0.05, 0.1) is 0 Å². The number of hydrogen-bond acceptors (Lipinski definition) is 4. The second-order valence-electron chi connectivity index (χ2n) is 5.00. The van der Waals surface area contributed by atoms with Crippen molar-refractivity contribution in [2.24, 2.45) is 0 Å². The molecule has 1 N–H and O–H groups in total. The zero-order chi connectivity index (χ0) is 14.8. The Morgan fingerprint density at radius 3 is 2.50 bits per heavy atom. The first-order valence-electron chi connectivity index (χ1n) is 7.58. The van der Waals surface area contributed by atoms with Gasteiger partial charge in [0.25, 0.3) is 5.91 Å². The predicted molar refractivity (Wildman–Crippen MR) is 79.9 cm³/mol. The van der Waals surface area contributed by atoms with E-state index in [4.69, 9.17) is 5.26 Å². The summed E-state index contributed by atoms with van der Waals surface area (Å²) < 4.78 is 0. The molecule has 0 aliphatic carbocycles. The first kappa shape index (κ1) is 16.5. The van der Waals surface area contributed by atoms with Gasteiger partial charge in [-0.3, -0.25) is 4.79 Å². The smallest absolute Gasteiger partial charge is 0.265 e. The van der Waals surface area contributed by atoms with E-state index in [-0.39, 0.29) is 11.5 Å². The third-order valence-corrected chi connectivity index (χ3v) is 3.71. The SMILES string of the molecule is CCN(CC)CCN/C=C(/C#N)C(=O)N1CCCCC1. The molecule has 1 heterocycles. The number of nitrogens with one attached hydrogen (secondary N) is 1. The second kappa shape index (κ2) is 9.38. The Kier molecular flexibility index (Phi) is 7.74. The molecule has 1 amide bonds. The van der Waals surface area contributed by atoms with E-state index < -0.39 is 0 Å². The molecule has 0 aromatic carbocycles. The Morgan fingerprint density at radius 1 is 1.30 bits per heavy atom. The fourth-order valence-corrected chi connectivity index (χ4v) is 2.35. The molecule has 0 spiro atoms. The maximum Gasteiger partial charge on any atom is 0.265 e. The number of amides is 1. The molecule has 0 aromatic heterocycles. The zero-order valence-corrected chi connectivity index (χ0v) is 12.7. The number of piperidine rings is 1. The van der Waals surface area contributed by atoms with Crippen molar-refractivity contribution in [1.82, 2.24) is 15.1 Å². The monoisotopic (exact) mass is 278 g/mol. The number of hydrogen-bond donors (Lipinski definition) is 1. The van der Waals surface area contributed by atoms with Crippen molar-refractivity contribution in [3.63, 3.8) is 0 Å². The van der Waals surface area contributed by atoms with Crippen LogP contribution in [0.1, 0.15) is 33.1 Å². The zero-order valence-electron chi connectivity index (χ0n) is 12.7. The second-order valence-corrected chi connectivity index (χ2v) is 5.00. The standard InChI is InChI=1S/C15H26N4O/c1-3-18(4-2)11-8-17-13-14(12-16)15(20)19-9-6-5-7-10-19/h13,17H,3-11H2,1-2H3/b14-13-. The summed E-state index contributed by atoms with van der Waals surface area (Å²) in [6, 6.07) is 2.01. The summed E-state index contributed by atoms with van der Waals surface area (Å²) in [7, 11) is 0. The lowest BCUT2D eigenvalue weighted by Crippen LogP contribution is -2.37. The van der Waals surface area contributed by atoms with E-state index >= 15 is 0 Å². The van der Waals surface area contributed by atoms with Gasteiger partial charge in [-0.05, 0) is 32.4 Å². The minimum atomic E-state index is -0.137. The fourth-order valence-electron chi connectivity index (χ4n) is 2.35. The number of carbonyl (C=O) groups excluding carboxylic acids is 1. The molecule has 0 radical (unpaired) electrons. The van der Waals surface area contributed by atoms with E-state index in [0.29, 0.717) is 0 Å². The normalized spacial score (nSPS) is 16.1. The van der Waals surface area contributed by atoms with Gasteiger partial charge in [-0.15, -0.1) is 0 Å². The first-order valence-corrected chi connectivity index (χ1v) is 7.58. The molecule has 1 aliphatic rings. The van der Waals surface area contributed by atoms with Gasteiger partial charge in [-0.1, -0.05) is 13.8 Å². The molecule has 0 bridgehead atoms. The van der Waals surface area contributed by atoms with Crippen LogP contribution in [0.25, 0.3) is 0 Å². The highest BCUT2D eigenvalue weighted by molar-refractivity contribution is 5.97. The van der Waals surface area contributed by atoms with Crippen molar-refractivity contribution in [2.45, 2.75) is 33.1 Å². The van der Waals surface area contributed by atoms with Gasteiger partial charge in [-0.2, -0.15) is 5.26 Å². The Labute approximate surface area is 122 Å². The van der Waals surface area contributed by atoms with Crippen LogP contribution in [0.5, 0.6) is 0 Å². The minimum Gasteiger partial charge on any atom is -0.388 e. The molecule has 1 rings (SSSR count). The molecule has 1 fully saturated rings. The van der Waals surface area contributed by atoms with Crippen molar-refractivity contribution in [3.05, 3.63) is 11.8 Å². The summed E-state index contributed by atoms with van der Waals surface area (Å²) in [6.45, 7) is 9.49. The van der Waals surface area contributed by atoms with E-state index in [9.17, 15) is 4.79 Å². The van der Waals surface area contributed by atoms with Gasteiger partial charge in [0, 0.05) is 32.4 Å². The number of likely N-dealkylation sites (N-methyl/N-ethyl adjacent to an activating group) is 1. The number of rotatable bonds is 7. The molecule has 1 aliphatic heterocycles. The molecule has 112 valence electrons. The van der Waals surface area contributed by atoms with E-state index in [1.807, 2.05) is 6.07 Å². The molecule has 0 unspecified atom stereocenters.